The Labute approximate surface area is 128 Å². The number of urea groups is 1. The number of carboxylic acids is 1. The predicted molar refractivity (Wildman–Crippen MR) is 79.3 cm³/mol. The van der Waals surface area contributed by atoms with Gasteiger partial charge in [0.2, 0.25) is 0 Å². The summed E-state index contributed by atoms with van der Waals surface area (Å²) in [6.07, 6.45) is 0.873. The van der Waals surface area contributed by atoms with Gasteiger partial charge in [-0.2, -0.15) is 0 Å². The van der Waals surface area contributed by atoms with Gasteiger partial charge >= 0.3 is 12.0 Å². The van der Waals surface area contributed by atoms with Crippen LogP contribution in [0.3, 0.4) is 0 Å². The van der Waals surface area contributed by atoms with Crippen LogP contribution in [0.4, 0.5) is 4.79 Å². The summed E-state index contributed by atoms with van der Waals surface area (Å²) < 4.78 is 11.0. The molecule has 2 rings (SSSR count). The van der Waals surface area contributed by atoms with Crippen LogP contribution in [0, 0.1) is 0 Å². The molecule has 1 aromatic carbocycles. The topological polar surface area (TPSA) is 96.9 Å². The first-order valence-corrected chi connectivity index (χ1v) is 7.09. The average Bonchev–Trinajstić information content (AvgIpc) is 2.82. The molecule has 0 aliphatic carbocycles. The molecule has 3 N–H and O–H groups in total. The van der Waals surface area contributed by atoms with E-state index in [1.54, 1.807) is 7.11 Å². The summed E-state index contributed by atoms with van der Waals surface area (Å²) in [4.78, 5) is 22.0. The Bertz CT molecular complexity index is 573. The normalized spacial score (nSPS) is 15.6. The van der Waals surface area contributed by atoms with E-state index in [4.69, 9.17) is 14.6 Å². The first-order chi connectivity index (χ1) is 10.5. The first kappa shape index (κ1) is 15.9. The number of rotatable bonds is 6. The van der Waals surface area contributed by atoms with E-state index in [-0.39, 0.29) is 25.6 Å². The third-order valence-electron chi connectivity index (χ3n) is 3.36. The Balaban J connectivity index is 1.94. The second-order valence-corrected chi connectivity index (χ2v) is 5.16. The molecule has 2 amide bonds. The monoisotopic (exact) mass is 308 g/mol. The highest BCUT2D eigenvalue weighted by molar-refractivity contribution is 5.75. The number of hydrogen-bond acceptors (Lipinski definition) is 4. The Hall–Kier alpha value is -2.44. The fourth-order valence-electron chi connectivity index (χ4n) is 2.33. The maximum atomic E-state index is 11.6. The number of ether oxygens (including phenoxy) is 2. The van der Waals surface area contributed by atoms with Crippen molar-refractivity contribution in [3.63, 3.8) is 0 Å². The summed E-state index contributed by atoms with van der Waals surface area (Å²) in [5.74, 6) is 0.561. The minimum atomic E-state index is -0.952. The van der Waals surface area contributed by atoms with Crippen molar-refractivity contribution < 1.29 is 24.2 Å². The molecular formula is C15H20N2O5. The molecular weight excluding hydrogens is 288 g/mol. The van der Waals surface area contributed by atoms with Crippen LogP contribution in [-0.4, -0.2) is 36.9 Å². The molecule has 0 aromatic heterocycles. The SMILES string of the molecule is COc1cc2c(cc1CNC(=O)NCCC(=O)O)OC(C)C2. The highest BCUT2D eigenvalue weighted by Crippen LogP contribution is 2.34. The maximum Gasteiger partial charge on any atom is 0.315 e. The fraction of sp³-hybridized carbons (Fsp3) is 0.467. The van der Waals surface area contributed by atoms with E-state index in [2.05, 4.69) is 10.6 Å². The number of methoxy groups -OCH3 is 1. The lowest BCUT2D eigenvalue weighted by atomic mass is 10.1. The minimum Gasteiger partial charge on any atom is -0.496 e. The molecule has 0 spiro atoms. The molecule has 1 aliphatic heterocycles. The van der Waals surface area contributed by atoms with Crippen molar-refractivity contribution in [3.05, 3.63) is 23.3 Å². The third-order valence-corrected chi connectivity index (χ3v) is 3.36. The summed E-state index contributed by atoms with van der Waals surface area (Å²) in [6.45, 7) is 2.36. The van der Waals surface area contributed by atoms with Crippen LogP contribution in [-0.2, 0) is 17.8 Å². The van der Waals surface area contributed by atoms with Crippen LogP contribution in [0.1, 0.15) is 24.5 Å². The van der Waals surface area contributed by atoms with Gasteiger partial charge in [-0.25, -0.2) is 4.79 Å². The molecule has 1 aliphatic rings. The number of amides is 2. The molecule has 22 heavy (non-hydrogen) atoms. The van der Waals surface area contributed by atoms with Crippen LogP contribution in [0.25, 0.3) is 0 Å². The third kappa shape index (κ3) is 4.03. The molecule has 0 fully saturated rings. The Kier molecular flexibility index (Phi) is 5.08. The highest BCUT2D eigenvalue weighted by Gasteiger charge is 2.21. The zero-order chi connectivity index (χ0) is 16.1. The molecule has 0 radical (unpaired) electrons. The minimum absolute atomic E-state index is 0.0864. The van der Waals surface area contributed by atoms with Crippen LogP contribution < -0.4 is 20.1 Å². The number of hydrogen-bond donors (Lipinski definition) is 3. The standard InChI is InChI=1S/C15H20N2O5/c1-9-5-10-6-12(21-2)11(7-13(10)22-9)8-17-15(20)16-4-3-14(18)19/h6-7,9H,3-5,8H2,1-2H3,(H,18,19)(H2,16,17,20). The molecule has 0 saturated carbocycles. The largest absolute Gasteiger partial charge is 0.496 e. The molecule has 0 bridgehead atoms. The van der Waals surface area contributed by atoms with Gasteiger partial charge in [-0.05, 0) is 19.1 Å². The lowest BCUT2D eigenvalue weighted by molar-refractivity contribution is -0.136. The predicted octanol–water partition coefficient (Wildman–Crippen LogP) is 1.29. The van der Waals surface area contributed by atoms with Gasteiger partial charge in [0.25, 0.3) is 0 Å². The number of aliphatic carboxylic acids is 1. The van der Waals surface area contributed by atoms with Gasteiger partial charge < -0.3 is 25.2 Å². The van der Waals surface area contributed by atoms with E-state index in [9.17, 15) is 9.59 Å². The number of nitrogens with one attached hydrogen (secondary N) is 2. The molecule has 1 heterocycles. The van der Waals surface area contributed by atoms with Gasteiger partial charge in [0, 0.05) is 30.6 Å². The second kappa shape index (κ2) is 7.02. The van der Waals surface area contributed by atoms with Gasteiger partial charge in [0.15, 0.2) is 0 Å². The summed E-state index contributed by atoms with van der Waals surface area (Å²) >= 11 is 0. The quantitative estimate of drug-likeness (QED) is 0.736. The van der Waals surface area contributed by atoms with Crippen LogP contribution >= 0.6 is 0 Å². The number of benzene rings is 1. The fourth-order valence-corrected chi connectivity index (χ4v) is 2.33. The van der Waals surface area contributed by atoms with Gasteiger partial charge in [-0.1, -0.05) is 0 Å². The lowest BCUT2D eigenvalue weighted by Crippen LogP contribution is -2.36. The molecule has 1 aromatic rings. The summed E-state index contributed by atoms with van der Waals surface area (Å²) in [6, 6.07) is 3.38. The maximum absolute atomic E-state index is 11.6. The molecule has 0 saturated heterocycles. The molecule has 120 valence electrons. The summed E-state index contributed by atoms with van der Waals surface area (Å²) in [5, 5.41) is 13.7. The van der Waals surface area contributed by atoms with Crippen molar-refractivity contribution in [3.8, 4) is 11.5 Å². The van der Waals surface area contributed by atoms with Gasteiger partial charge in [0.1, 0.15) is 17.6 Å². The summed E-state index contributed by atoms with van der Waals surface area (Å²) in [7, 11) is 1.58. The van der Waals surface area contributed by atoms with Crippen molar-refractivity contribution in [2.45, 2.75) is 32.4 Å². The van der Waals surface area contributed by atoms with Crippen LogP contribution in [0.15, 0.2) is 12.1 Å². The Morgan fingerprint density at radius 2 is 2.18 bits per heavy atom. The Morgan fingerprint density at radius 3 is 2.86 bits per heavy atom. The highest BCUT2D eigenvalue weighted by atomic mass is 16.5. The van der Waals surface area contributed by atoms with Crippen molar-refractivity contribution in [2.24, 2.45) is 0 Å². The van der Waals surface area contributed by atoms with Gasteiger partial charge in [-0.15, -0.1) is 0 Å². The van der Waals surface area contributed by atoms with E-state index in [0.717, 1.165) is 23.3 Å². The van der Waals surface area contributed by atoms with E-state index in [1.165, 1.54) is 0 Å². The van der Waals surface area contributed by atoms with Gasteiger partial charge in [-0.3, -0.25) is 4.79 Å². The van der Waals surface area contributed by atoms with Crippen molar-refractivity contribution in [1.82, 2.24) is 10.6 Å². The molecule has 7 nitrogen and oxygen atoms in total. The molecule has 1 atom stereocenters. The van der Waals surface area contributed by atoms with E-state index in [1.807, 2.05) is 19.1 Å². The number of carbonyl (C=O) groups is 2. The zero-order valence-electron chi connectivity index (χ0n) is 12.6. The van der Waals surface area contributed by atoms with E-state index < -0.39 is 12.0 Å². The van der Waals surface area contributed by atoms with E-state index >= 15 is 0 Å². The number of carbonyl (C=O) groups excluding carboxylic acids is 1. The zero-order valence-corrected chi connectivity index (χ0v) is 12.6. The molecule has 1 unspecified atom stereocenters. The van der Waals surface area contributed by atoms with Gasteiger partial charge in [0.05, 0.1) is 13.5 Å². The lowest BCUT2D eigenvalue weighted by Gasteiger charge is -2.12. The second-order valence-electron chi connectivity index (χ2n) is 5.16. The van der Waals surface area contributed by atoms with Crippen LogP contribution in [0.2, 0.25) is 0 Å². The van der Waals surface area contributed by atoms with E-state index in [0.29, 0.717) is 5.75 Å². The smallest absolute Gasteiger partial charge is 0.315 e. The first-order valence-electron chi connectivity index (χ1n) is 7.09. The summed E-state index contributed by atoms with van der Waals surface area (Å²) in [5.41, 5.74) is 1.91. The van der Waals surface area contributed by atoms with Crippen molar-refractivity contribution in [1.29, 1.82) is 0 Å². The molecule has 7 heteroatoms. The average molecular weight is 308 g/mol. The van der Waals surface area contributed by atoms with Crippen molar-refractivity contribution in [2.75, 3.05) is 13.7 Å². The van der Waals surface area contributed by atoms with Crippen molar-refractivity contribution >= 4 is 12.0 Å². The Morgan fingerprint density at radius 1 is 1.41 bits per heavy atom. The van der Waals surface area contributed by atoms with Crippen LogP contribution in [0.5, 0.6) is 11.5 Å². The number of carboxylic acid groups (broad SMARTS) is 1. The number of fused-ring (bicyclic) bond motifs is 1.